The van der Waals surface area contributed by atoms with Crippen LogP contribution in [0.25, 0.3) is 0 Å². The van der Waals surface area contributed by atoms with Crippen LogP contribution in [0.1, 0.15) is 18.4 Å². The number of ether oxygens (including phenoxy) is 1. The first kappa shape index (κ1) is 14.4. The van der Waals surface area contributed by atoms with Gasteiger partial charge in [-0.3, -0.25) is 4.79 Å². The number of benzene rings is 1. The summed E-state index contributed by atoms with van der Waals surface area (Å²) in [6.07, 6.45) is 1.23. The van der Waals surface area contributed by atoms with E-state index in [1.807, 2.05) is 0 Å². The van der Waals surface area contributed by atoms with Gasteiger partial charge in [-0.15, -0.1) is 0 Å². The molecule has 2 rings (SSSR count). The van der Waals surface area contributed by atoms with Crippen molar-refractivity contribution < 1.29 is 23.1 Å². The maximum absolute atomic E-state index is 13.1. The highest BCUT2D eigenvalue weighted by Gasteiger charge is 2.34. The van der Waals surface area contributed by atoms with E-state index >= 15 is 0 Å². The molecule has 1 atom stereocenters. The van der Waals surface area contributed by atoms with E-state index in [0.717, 1.165) is 18.6 Å². The van der Waals surface area contributed by atoms with E-state index in [1.165, 1.54) is 18.1 Å². The predicted molar refractivity (Wildman–Crippen MR) is 66.8 cm³/mol. The Hall–Kier alpha value is -1.98. The first-order valence-electron chi connectivity index (χ1n) is 6.34. The lowest BCUT2D eigenvalue weighted by molar-refractivity contribution is -0.150. The minimum atomic E-state index is -0.985. The number of carbonyl (C=O) groups is 2. The van der Waals surface area contributed by atoms with Crippen LogP contribution in [0.2, 0.25) is 0 Å². The molecule has 6 heteroatoms. The van der Waals surface area contributed by atoms with Gasteiger partial charge in [0.2, 0.25) is 5.91 Å². The smallest absolute Gasteiger partial charge is 0.328 e. The average molecular weight is 283 g/mol. The second kappa shape index (κ2) is 5.98. The van der Waals surface area contributed by atoms with Crippen LogP contribution in [-0.4, -0.2) is 36.5 Å². The number of methoxy groups -OCH3 is 1. The molecule has 0 aliphatic carbocycles. The molecule has 0 aromatic heterocycles. The molecule has 1 aliphatic heterocycles. The van der Waals surface area contributed by atoms with Crippen molar-refractivity contribution in [1.29, 1.82) is 0 Å². The molecule has 1 heterocycles. The molecule has 0 saturated carbocycles. The summed E-state index contributed by atoms with van der Waals surface area (Å²) in [4.78, 5) is 25.1. The molecule has 1 fully saturated rings. The highest BCUT2D eigenvalue weighted by atomic mass is 19.2. The highest BCUT2D eigenvalue weighted by molar-refractivity contribution is 5.86. The zero-order chi connectivity index (χ0) is 14.7. The topological polar surface area (TPSA) is 46.6 Å². The summed E-state index contributed by atoms with van der Waals surface area (Å²) in [6, 6.07) is 2.77. The molecule has 1 aromatic carbocycles. The van der Waals surface area contributed by atoms with Crippen LogP contribution in [0.4, 0.5) is 8.78 Å². The molecule has 108 valence electrons. The van der Waals surface area contributed by atoms with E-state index in [2.05, 4.69) is 4.74 Å². The number of halogens is 2. The Morgan fingerprint density at radius 3 is 2.75 bits per heavy atom. The average Bonchev–Trinajstić information content (AvgIpc) is 2.91. The van der Waals surface area contributed by atoms with Crippen molar-refractivity contribution in [1.82, 2.24) is 4.90 Å². The lowest BCUT2D eigenvalue weighted by atomic mass is 10.1. The second-order valence-electron chi connectivity index (χ2n) is 4.69. The molecule has 20 heavy (non-hydrogen) atoms. The summed E-state index contributed by atoms with van der Waals surface area (Å²) in [5.74, 6) is -2.67. The van der Waals surface area contributed by atoms with E-state index < -0.39 is 23.6 Å². The molecule has 0 N–H and O–H groups in total. The molecule has 4 nitrogen and oxygen atoms in total. The summed E-state index contributed by atoms with van der Waals surface area (Å²) >= 11 is 0. The lowest BCUT2D eigenvalue weighted by Crippen LogP contribution is -2.41. The van der Waals surface area contributed by atoms with Gasteiger partial charge in [-0.1, -0.05) is 6.07 Å². The molecule has 1 aromatic rings. The molecular weight excluding hydrogens is 268 g/mol. The van der Waals surface area contributed by atoms with Crippen molar-refractivity contribution in [3.63, 3.8) is 0 Å². The van der Waals surface area contributed by atoms with E-state index in [4.69, 9.17) is 0 Å². The summed E-state index contributed by atoms with van der Waals surface area (Å²) in [5, 5.41) is 0. The highest BCUT2D eigenvalue weighted by Crippen LogP contribution is 2.20. The molecule has 0 unspecified atom stereocenters. The second-order valence-corrected chi connectivity index (χ2v) is 4.69. The van der Waals surface area contributed by atoms with Crippen molar-refractivity contribution in [2.45, 2.75) is 25.3 Å². The third-order valence-electron chi connectivity index (χ3n) is 3.39. The van der Waals surface area contributed by atoms with Crippen LogP contribution in [0, 0.1) is 11.6 Å². The minimum Gasteiger partial charge on any atom is -0.467 e. The van der Waals surface area contributed by atoms with Gasteiger partial charge in [0, 0.05) is 6.54 Å². The van der Waals surface area contributed by atoms with Crippen LogP contribution in [0.15, 0.2) is 18.2 Å². The Bertz CT molecular complexity index is 533. The fraction of sp³-hybridized carbons (Fsp3) is 0.429. The van der Waals surface area contributed by atoms with Gasteiger partial charge in [-0.05, 0) is 30.5 Å². The van der Waals surface area contributed by atoms with Crippen LogP contribution < -0.4 is 0 Å². The third kappa shape index (κ3) is 2.95. The lowest BCUT2D eigenvalue weighted by Gasteiger charge is -2.22. The van der Waals surface area contributed by atoms with Crippen molar-refractivity contribution >= 4 is 11.9 Å². The zero-order valence-corrected chi connectivity index (χ0v) is 11.1. The van der Waals surface area contributed by atoms with Crippen LogP contribution >= 0.6 is 0 Å². The minimum absolute atomic E-state index is 0.0648. The Balaban J connectivity index is 2.07. The SMILES string of the molecule is COC(=O)[C@@H]1CCCN1C(=O)Cc1ccc(F)c(F)c1. The predicted octanol–water partition coefficient (Wildman–Crippen LogP) is 1.67. The van der Waals surface area contributed by atoms with Crippen LogP contribution in [0.5, 0.6) is 0 Å². The number of carbonyl (C=O) groups excluding carboxylic acids is 2. The van der Waals surface area contributed by atoms with Crippen LogP contribution in [0.3, 0.4) is 0 Å². The number of hydrogen-bond donors (Lipinski definition) is 0. The van der Waals surface area contributed by atoms with E-state index in [9.17, 15) is 18.4 Å². The largest absolute Gasteiger partial charge is 0.467 e. The molecule has 1 aliphatic rings. The summed E-state index contributed by atoms with van der Waals surface area (Å²) in [7, 11) is 1.28. The molecular formula is C14H15F2NO3. The van der Waals surface area contributed by atoms with Gasteiger partial charge in [0.15, 0.2) is 11.6 Å². The summed E-state index contributed by atoms with van der Waals surface area (Å²) < 4.78 is 30.6. The number of rotatable bonds is 3. The Morgan fingerprint density at radius 1 is 1.35 bits per heavy atom. The Labute approximate surface area is 115 Å². The first-order valence-corrected chi connectivity index (χ1v) is 6.34. The summed E-state index contributed by atoms with van der Waals surface area (Å²) in [6.45, 7) is 0.474. The number of amides is 1. The molecule has 0 radical (unpaired) electrons. The fourth-order valence-electron chi connectivity index (χ4n) is 2.37. The number of nitrogens with zero attached hydrogens (tertiary/aromatic N) is 1. The monoisotopic (exact) mass is 283 g/mol. The first-order chi connectivity index (χ1) is 9.52. The van der Waals surface area contributed by atoms with E-state index in [0.29, 0.717) is 18.5 Å². The van der Waals surface area contributed by atoms with Crippen molar-refractivity contribution in [2.24, 2.45) is 0 Å². The molecule has 0 bridgehead atoms. The maximum atomic E-state index is 13.1. The Kier molecular flexibility index (Phi) is 4.32. The van der Waals surface area contributed by atoms with E-state index in [-0.39, 0.29) is 12.3 Å². The maximum Gasteiger partial charge on any atom is 0.328 e. The van der Waals surface area contributed by atoms with Crippen LogP contribution in [-0.2, 0) is 20.7 Å². The van der Waals surface area contributed by atoms with Gasteiger partial charge in [0.1, 0.15) is 6.04 Å². The quantitative estimate of drug-likeness (QED) is 0.793. The normalized spacial score (nSPS) is 18.1. The molecule has 1 amide bonds. The van der Waals surface area contributed by atoms with Gasteiger partial charge in [0.25, 0.3) is 0 Å². The van der Waals surface area contributed by atoms with E-state index in [1.54, 1.807) is 0 Å². The van der Waals surface area contributed by atoms with Gasteiger partial charge in [-0.2, -0.15) is 0 Å². The fourth-order valence-corrected chi connectivity index (χ4v) is 2.37. The number of hydrogen-bond acceptors (Lipinski definition) is 3. The molecule has 1 saturated heterocycles. The summed E-state index contributed by atoms with van der Waals surface area (Å²) in [5.41, 5.74) is 0.379. The molecule has 0 spiro atoms. The number of likely N-dealkylation sites (tertiary alicyclic amines) is 1. The number of esters is 1. The van der Waals surface area contributed by atoms with Gasteiger partial charge in [0.05, 0.1) is 13.5 Å². The van der Waals surface area contributed by atoms with Gasteiger partial charge in [-0.25, -0.2) is 13.6 Å². The Morgan fingerprint density at radius 2 is 2.10 bits per heavy atom. The van der Waals surface area contributed by atoms with Crippen molar-refractivity contribution in [3.05, 3.63) is 35.4 Å². The van der Waals surface area contributed by atoms with Crippen molar-refractivity contribution in [2.75, 3.05) is 13.7 Å². The van der Waals surface area contributed by atoms with Gasteiger partial charge >= 0.3 is 5.97 Å². The standard InChI is InChI=1S/C14H15F2NO3/c1-20-14(19)12-3-2-6-17(12)13(18)8-9-4-5-10(15)11(16)7-9/h4-5,7,12H,2-3,6,8H2,1H3/t12-/m0/s1. The third-order valence-corrected chi connectivity index (χ3v) is 3.39. The van der Waals surface area contributed by atoms with Crippen molar-refractivity contribution in [3.8, 4) is 0 Å². The zero-order valence-electron chi connectivity index (χ0n) is 11.1. The van der Waals surface area contributed by atoms with Gasteiger partial charge < -0.3 is 9.64 Å².